The highest BCUT2D eigenvalue weighted by Crippen LogP contribution is 2.41. The highest BCUT2D eigenvalue weighted by molar-refractivity contribution is 7.09. The topological polar surface area (TPSA) is 38.0 Å². The van der Waals surface area contributed by atoms with Crippen molar-refractivity contribution >= 4 is 19.7 Å². The predicted molar refractivity (Wildman–Crippen MR) is 102 cm³/mol. The van der Waals surface area contributed by atoms with E-state index in [2.05, 4.69) is 65.4 Å². The van der Waals surface area contributed by atoms with E-state index in [-0.39, 0.29) is 10.5 Å². The van der Waals surface area contributed by atoms with Gasteiger partial charge in [0.2, 0.25) is 0 Å². The van der Waals surface area contributed by atoms with Crippen LogP contribution in [0.4, 0.5) is 0 Å². The minimum Gasteiger partial charge on any atom is -0.414 e. The molecule has 0 saturated heterocycles. The van der Waals surface area contributed by atoms with Crippen molar-refractivity contribution < 1.29 is 4.43 Å². The molecule has 0 amide bonds. The highest BCUT2D eigenvalue weighted by Gasteiger charge is 2.42. The van der Waals surface area contributed by atoms with Gasteiger partial charge in [0, 0.05) is 23.7 Å². The second kappa shape index (κ2) is 6.16. The molecule has 2 rings (SSSR count). The molecule has 3 nitrogen and oxygen atoms in total. The first-order valence-electron chi connectivity index (χ1n) is 8.73. The number of rotatable bonds is 4. The van der Waals surface area contributed by atoms with Crippen LogP contribution in [-0.4, -0.2) is 19.0 Å². The first-order chi connectivity index (χ1) is 10.3. The van der Waals surface area contributed by atoms with Crippen molar-refractivity contribution in [3.05, 3.63) is 15.9 Å². The zero-order chi connectivity index (χ0) is 17.6. The molecular formula is C18H34N2OSSi. The summed E-state index contributed by atoms with van der Waals surface area (Å²) in [6.07, 6.45) is 4.94. The first-order valence-corrected chi connectivity index (χ1v) is 12.5. The summed E-state index contributed by atoms with van der Waals surface area (Å²) in [4.78, 5) is 1.99. The molecule has 132 valence electrons. The lowest BCUT2D eigenvalue weighted by Crippen LogP contribution is -2.48. The van der Waals surface area contributed by atoms with E-state index in [9.17, 15) is 0 Å². The molecule has 0 spiro atoms. The summed E-state index contributed by atoms with van der Waals surface area (Å²) in [5.74, 6) is 0.668. The van der Waals surface area contributed by atoms with Crippen LogP contribution in [0.3, 0.4) is 0 Å². The molecule has 5 heteroatoms. The second-order valence-corrected chi connectivity index (χ2v) is 15.4. The Labute approximate surface area is 146 Å². The summed E-state index contributed by atoms with van der Waals surface area (Å²) in [5, 5.41) is 8.49. The Hall–Kier alpha value is -0.393. The van der Waals surface area contributed by atoms with E-state index in [0.717, 1.165) is 19.4 Å². The van der Waals surface area contributed by atoms with Crippen molar-refractivity contribution in [3.8, 4) is 0 Å². The molecule has 1 N–H and O–H groups in total. The van der Waals surface area contributed by atoms with Gasteiger partial charge < -0.3 is 8.99 Å². The fourth-order valence-corrected chi connectivity index (χ4v) is 4.98. The van der Waals surface area contributed by atoms with E-state index in [1.807, 2.05) is 0 Å². The third-order valence-corrected chi connectivity index (χ3v) is 11.3. The van der Waals surface area contributed by atoms with Gasteiger partial charge in [0.25, 0.3) is 0 Å². The van der Waals surface area contributed by atoms with Gasteiger partial charge in [0.1, 0.15) is 0 Å². The van der Waals surface area contributed by atoms with E-state index >= 15 is 0 Å². The van der Waals surface area contributed by atoms with Crippen LogP contribution in [0, 0.1) is 11.3 Å². The zero-order valence-electron chi connectivity index (χ0n) is 16.1. The molecule has 1 fully saturated rings. The van der Waals surface area contributed by atoms with E-state index in [1.165, 1.54) is 4.88 Å². The number of hydrogen-bond donors (Lipinski definition) is 1. The Morgan fingerprint density at radius 2 is 1.78 bits per heavy atom. The Balaban J connectivity index is 1.90. The molecule has 1 aliphatic carbocycles. The lowest BCUT2D eigenvalue weighted by molar-refractivity contribution is 0.0442. The number of nitrogens with zero attached hydrogens (tertiary/aromatic N) is 1. The first kappa shape index (κ1) is 18.9. The van der Waals surface area contributed by atoms with Crippen LogP contribution in [-0.2, 0) is 16.4 Å². The summed E-state index contributed by atoms with van der Waals surface area (Å²) in [6, 6.07) is 0. The third kappa shape index (κ3) is 4.37. The second-order valence-electron chi connectivity index (χ2n) is 9.64. The van der Waals surface area contributed by atoms with Crippen LogP contribution >= 0.6 is 11.3 Å². The van der Waals surface area contributed by atoms with Gasteiger partial charge in [-0.3, -0.25) is 5.41 Å². The standard InChI is InChI=1S/C18H34N2OSSi/c1-17(2,3)15-12-20(16(19)22-15)11-13-9-14(10-13)21-23(7,8)18(4,5)6/h12-14,19H,9-11H2,1-8H3/t13-,14+. The molecule has 0 aromatic carbocycles. The van der Waals surface area contributed by atoms with Crippen molar-refractivity contribution in [3.63, 3.8) is 0 Å². The van der Waals surface area contributed by atoms with Gasteiger partial charge in [-0.2, -0.15) is 0 Å². The van der Waals surface area contributed by atoms with Crippen LogP contribution < -0.4 is 4.80 Å². The van der Waals surface area contributed by atoms with E-state index in [4.69, 9.17) is 9.84 Å². The molecular weight excluding hydrogens is 320 g/mol. The number of aromatic nitrogens is 1. The van der Waals surface area contributed by atoms with Gasteiger partial charge in [-0.05, 0) is 42.3 Å². The van der Waals surface area contributed by atoms with Gasteiger partial charge in [-0.25, -0.2) is 0 Å². The Morgan fingerprint density at radius 1 is 1.22 bits per heavy atom. The quantitative estimate of drug-likeness (QED) is 0.748. The summed E-state index contributed by atoms with van der Waals surface area (Å²) in [5.41, 5.74) is 0.138. The van der Waals surface area contributed by atoms with Crippen molar-refractivity contribution in [1.82, 2.24) is 4.57 Å². The lowest BCUT2D eigenvalue weighted by atomic mass is 9.82. The fourth-order valence-electron chi connectivity index (χ4n) is 2.66. The number of hydrogen-bond acceptors (Lipinski definition) is 3. The third-order valence-electron chi connectivity index (χ3n) is 5.39. The van der Waals surface area contributed by atoms with Crippen molar-refractivity contribution in [2.24, 2.45) is 5.92 Å². The maximum Gasteiger partial charge on any atom is 0.192 e. The molecule has 1 aromatic heterocycles. The van der Waals surface area contributed by atoms with Gasteiger partial charge in [-0.15, -0.1) is 11.3 Å². The zero-order valence-corrected chi connectivity index (χ0v) is 17.9. The predicted octanol–water partition coefficient (Wildman–Crippen LogP) is 5.13. The molecule has 23 heavy (non-hydrogen) atoms. The molecule has 0 bridgehead atoms. The normalized spacial score (nSPS) is 23.0. The SMILES string of the molecule is CC(C)(C)c1cn(C[C@H]2C[C@@H](O[Si](C)(C)C(C)(C)C)C2)c(=N)s1. The Morgan fingerprint density at radius 3 is 2.22 bits per heavy atom. The largest absolute Gasteiger partial charge is 0.414 e. The van der Waals surface area contributed by atoms with Gasteiger partial charge in [-0.1, -0.05) is 41.5 Å². The van der Waals surface area contributed by atoms with Crippen molar-refractivity contribution in [2.75, 3.05) is 0 Å². The van der Waals surface area contributed by atoms with Crippen LogP contribution in [0.2, 0.25) is 18.1 Å². The molecule has 0 atom stereocenters. The average molecular weight is 355 g/mol. The van der Waals surface area contributed by atoms with Crippen LogP contribution in [0.1, 0.15) is 59.3 Å². The number of nitrogens with one attached hydrogen (secondary N) is 1. The maximum absolute atomic E-state index is 8.20. The minimum atomic E-state index is -1.63. The van der Waals surface area contributed by atoms with E-state index < -0.39 is 8.32 Å². The molecule has 0 aliphatic heterocycles. The summed E-state index contributed by atoms with van der Waals surface area (Å²) in [6.45, 7) is 19.2. The summed E-state index contributed by atoms with van der Waals surface area (Å²) in [7, 11) is -1.63. The fraction of sp³-hybridized carbons (Fsp3) is 0.833. The van der Waals surface area contributed by atoms with Gasteiger partial charge >= 0.3 is 0 Å². The van der Waals surface area contributed by atoms with Gasteiger partial charge in [0.05, 0.1) is 0 Å². The molecule has 1 aromatic rings. The van der Waals surface area contributed by atoms with Crippen molar-refractivity contribution in [2.45, 2.75) is 90.6 Å². The molecule has 1 aliphatic rings. The van der Waals surface area contributed by atoms with Crippen molar-refractivity contribution in [1.29, 1.82) is 5.41 Å². The van der Waals surface area contributed by atoms with Crippen LogP contribution in [0.5, 0.6) is 0 Å². The lowest BCUT2D eigenvalue weighted by Gasteiger charge is -2.45. The highest BCUT2D eigenvalue weighted by atomic mass is 32.1. The van der Waals surface area contributed by atoms with Gasteiger partial charge in [0.15, 0.2) is 13.1 Å². The van der Waals surface area contributed by atoms with E-state index in [0.29, 0.717) is 16.8 Å². The molecule has 1 heterocycles. The van der Waals surface area contributed by atoms with Crippen LogP contribution in [0.15, 0.2) is 6.20 Å². The summed E-state index contributed by atoms with van der Waals surface area (Å²) >= 11 is 1.62. The van der Waals surface area contributed by atoms with E-state index in [1.54, 1.807) is 11.3 Å². The maximum atomic E-state index is 8.20. The Kier molecular flexibility index (Phi) is 5.07. The summed E-state index contributed by atoms with van der Waals surface area (Å²) < 4.78 is 8.62. The molecule has 0 unspecified atom stereocenters. The number of thiazole rings is 1. The molecule has 1 saturated carbocycles. The monoisotopic (exact) mass is 354 g/mol. The smallest absolute Gasteiger partial charge is 0.192 e. The Bertz CT molecular complexity index is 598. The minimum absolute atomic E-state index is 0.138. The molecule has 0 radical (unpaired) electrons. The van der Waals surface area contributed by atoms with Crippen LogP contribution in [0.25, 0.3) is 0 Å². The average Bonchev–Trinajstić information content (AvgIpc) is 2.66.